The summed E-state index contributed by atoms with van der Waals surface area (Å²) in [6, 6.07) is 4.49. The minimum absolute atomic E-state index is 0.411. The molecule has 0 atom stereocenters. The second-order valence-corrected chi connectivity index (χ2v) is 4.33. The maximum Gasteiger partial charge on any atom is 0.0649 e. The van der Waals surface area contributed by atoms with E-state index in [9.17, 15) is 0 Å². The van der Waals surface area contributed by atoms with Crippen molar-refractivity contribution in [2.24, 2.45) is 5.73 Å². The molecular weight excluding hydrogens is 188 g/mol. The van der Waals surface area contributed by atoms with E-state index in [1.54, 1.807) is 0 Å². The van der Waals surface area contributed by atoms with E-state index in [1.165, 1.54) is 0 Å². The highest BCUT2D eigenvalue weighted by Gasteiger charge is 2.18. The molecule has 0 saturated heterocycles. The number of nitrogens with zero attached hydrogens (tertiary/aromatic N) is 1. The summed E-state index contributed by atoms with van der Waals surface area (Å²) in [4.78, 5) is 0. The first kappa shape index (κ1) is 10.7. The van der Waals surface area contributed by atoms with Gasteiger partial charge in [0.2, 0.25) is 0 Å². The Morgan fingerprint density at radius 3 is 2.47 bits per heavy atom. The van der Waals surface area contributed by atoms with Crippen molar-refractivity contribution in [1.82, 2.24) is 4.57 Å². The van der Waals surface area contributed by atoms with Crippen molar-refractivity contribution in [3.63, 3.8) is 0 Å². The van der Waals surface area contributed by atoms with Crippen molar-refractivity contribution in [3.8, 4) is 0 Å². The minimum atomic E-state index is 0.411. The molecule has 0 radical (unpaired) electrons. The summed E-state index contributed by atoms with van der Waals surface area (Å²) in [7, 11) is 0. The molecule has 15 heavy (non-hydrogen) atoms. The highest BCUT2D eigenvalue weighted by Crippen LogP contribution is 2.19. The lowest BCUT2D eigenvalue weighted by atomic mass is 9.94. The number of rotatable bonds is 4. The maximum atomic E-state index is 5.84. The van der Waals surface area contributed by atoms with Crippen LogP contribution in [0.15, 0.2) is 24.5 Å². The van der Waals surface area contributed by atoms with Crippen LogP contribution in [0.25, 0.3) is 0 Å². The molecule has 0 aromatic carbocycles. The summed E-state index contributed by atoms with van der Waals surface area (Å²) < 4.78 is 7.98. The molecule has 0 unspecified atom stereocenters. The molecule has 0 aliphatic heterocycles. The molecule has 1 aliphatic rings. The van der Waals surface area contributed by atoms with Gasteiger partial charge < -0.3 is 15.0 Å². The van der Waals surface area contributed by atoms with Crippen molar-refractivity contribution >= 4 is 0 Å². The highest BCUT2D eigenvalue weighted by molar-refractivity contribution is 4.90. The Hall–Kier alpha value is -0.800. The maximum absolute atomic E-state index is 5.84. The summed E-state index contributed by atoms with van der Waals surface area (Å²) in [6.45, 7) is 1.77. The standard InChI is InChI=1S/C12H20N2O/c13-11-3-5-12(6-4-11)15-10-9-14-7-1-2-8-14/h1-2,7-8,11-12H,3-6,9-10,13H2. The lowest BCUT2D eigenvalue weighted by molar-refractivity contribution is 0.0210. The smallest absolute Gasteiger partial charge is 0.0649 e. The zero-order chi connectivity index (χ0) is 10.5. The van der Waals surface area contributed by atoms with Crippen molar-refractivity contribution < 1.29 is 4.74 Å². The van der Waals surface area contributed by atoms with Crippen LogP contribution in [0.1, 0.15) is 25.7 Å². The first-order valence-electron chi connectivity index (χ1n) is 5.82. The third-order valence-electron chi connectivity index (χ3n) is 3.09. The monoisotopic (exact) mass is 208 g/mol. The Morgan fingerprint density at radius 2 is 1.80 bits per heavy atom. The van der Waals surface area contributed by atoms with Crippen LogP contribution in [-0.2, 0) is 11.3 Å². The minimum Gasteiger partial charge on any atom is -0.376 e. The Labute approximate surface area is 91.2 Å². The summed E-state index contributed by atoms with van der Waals surface area (Å²) in [5.74, 6) is 0. The molecule has 2 N–H and O–H groups in total. The molecule has 3 heteroatoms. The van der Waals surface area contributed by atoms with E-state index in [2.05, 4.69) is 17.0 Å². The number of aromatic nitrogens is 1. The van der Waals surface area contributed by atoms with E-state index in [4.69, 9.17) is 10.5 Å². The lowest BCUT2D eigenvalue weighted by Crippen LogP contribution is -2.30. The van der Waals surface area contributed by atoms with Gasteiger partial charge in [0.25, 0.3) is 0 Å². The van der Waals surface area contributed by atoms with Crippen LogP contribution >= 0.6 is 0 Å². The van der Waals surface area contributed by atoms with E-state index < -0.39 is 0 Å². The van der Waals surface area contributed by atoms with E-state index in [-0.39, 0.29) is 0 Å². The van der Waals surface area contributed by atoms with Crippen LogP contribution in [-0.4, -0.2) is 23.3 Å². The predicted molar refractivity (Wildman–Crippen MR) is 60.6 cm³/mol. The summed E-state index contributed by atoms with van der Waals surface area (Å²) in [5, 5.41) is 0. The first-order valence-corrected chi connectivity index (χ1v) is 5.82. The molecule has 1 saturated carbocycles. The molecule has 2 rings (SSSR count). The second kappa shape index (κ2) is 5.33. The van der Waals surface area contributed by atoms with Crippen LogP contribution in [0.2, 0.25) is 0 Å². The van der Waals surface area contributed by atoms with Gasteiger partial charge in [-0.2, -0.15) is 0 Å². The van der Waals surface area contributed by atoms with Crippen LogP contribution < -0.4 is 5.73 Å². The van der Waals surface area contributed by atoms with Gasteiger partial charge in [0.05, 0.1) is 12.7 Å². The first-order chi connectivity index (χ1) is 7.34. The van der Waals surface area contributed by atoms with E-state index in [0.29, 0.717) is 12.1 Å². The van der Waals surface area contributed by atoms with Gasteiger partial charge in [0.1, 0.15) is 0 Å². The SMILES string of the molecule is NC1CCC(OCCn2cccc2)CC1. The predicted octanol–water partition coefficient (Wildman–Crippen LogP) is 1.77. The second-order valence-electron chi connectivity index (χ2n) is 4.33. The van der Waals surface area contributed by atoms with Gasteiger partial charge in [-0.25, -0.2) is 0 Å². The van der Waals surface area contributed by atoms with Crippen molar-refractivity contribution in [1.29, 1.82) is 0 Å². The van der Waals surface area contributed by atoms with Gasteiger partial charge >= 0.3 is 0 Å². The van der Waals surface area contributed by atoms with E-state index in [1.807, 2.05) is 12.1 Å². The number of nitrogens with two attached hydrogens (primary N) is 1. The van der Waals surface area contributed by atoms with Crippen molar-refractivity contribution in [2.45, 2.75) is 44.4 Å². The molecule has 0 spiro atoms. The lowest BCUT2D eigenvalue weighted by Gasteiger charge is -2.26. The molecule has 0 bridgehead atoms. The fourth-order valence-corrected chi connectivity index (χ4v) is 2.10. The fourth-order valence-electron chi connectivity index (χ4n) is 2.10. The average molecular weight is 208 g/mol. The summed E-state index contributed by atoms with van der Waals surface area (Å²) >= 11 is 0. The Kier molecular flexibility index (Phi) is 3.80. The van der Waals surface area contributed by atoms with Crippen LogP contribution in [0.5, 0.6) is 0 Å². The molecule has 1 fully saturated rings. The molecule has 84 valence electrons. The van der Waals surface area contributed by atoms with Crippen molar-refractivity contribution in [2.75, 3.05) is 6.61 Å². The Balaban J connectivity index is 1.62. The molecule has 3 nitrogen and oxygen atoms in total. The normalized spacial score (nSPS) is 26.7. The zero-order valence-electron chi connectivity index (χ0n) is 9.14. The Bertz CT molecular complexity index is 263. The average Bonchev–Trinajstić information content (AvgIpc) is 2.74. The van der Waals surface area contributed by atoms with Crippen LogP contribution in [0.4, 0.5) is 0 Å². The topological polar surface area (TPSA) is 40.2 Å². The molecular formula is C12H20N2O. The number of ether oxygens (including phenoxy) is 1. The van der Waals surface area contributed by atoms with Crippen molar-refractivity contribution in [3.05, 3.63) is 24.5 Å². The van der Waals surface area contributed by atoms with E-state index >= 15 is 0 Å². The molecule has 1 aromatic heterocycles. The Morgan fingerprint density at radius 1 is 1.13 bits per heavy atom. The zero-order valence-corrected chi connectivity index (χ0v) is 9.14. The van der Waals surface area contributed by atoms with Gasteiger partial charge in [0.15, 0.2) is 0 Å². The summed E-state index contributed by atoms with van der Waals surface area (Å²) in [5.41, 5.74) is 5.84. The van der Waals surface area contributed by atoms with Crippen LogP contribution in [0, 0.1) is 0 Å². The molecule has 1 aromatic rings. The molecule has 0 amide bonds. The number of hydrogen-bond acceptors (Lipinski definition) is 2. The van der Waals surface area contributed by atoms with Gasteiger partial charge in [0, 0.05) is 25.0 Å². The van der Waals surface area contributed by atoms with Crippen LogP contribution in [0.3, 0.4) is 0 Å². The van der Waals surface area contributed by atoms with Gasteiger partial charge in [-0.3, -0.25) is 0 Å². The highest BCUT2D eigenvalue weighted by atomic mass is 16.5. The third kappa shape index (κ3) is 3.36. The molecule has 1 heterocycles. The molecule has 1 aliphatic carbocycles. The number of hydrogen-bond donors (Lipinski definition) is 1. The largest absolute Gasteiger partial charge is 0.376 e. The van der Waals surface area contributed by atoms with E-state index in [0.717, 1.165) is 38.8 Å². The summed E-state index contributed by atoms with van der Waals surface area (Å²) in [6.07, 6.45) is 9.09. The quantitative estimate of drug-likeness (QED) is 0.819. The fraction of sp³-hybridized carbons (Fsp3) is 0.667. The third-order valence-corrected chi connectivity index (χ3v) is 3.09. The van der Waals surface area contributed by atoms with Gasteiger partial charge in [-0.05, 0) is 37.8 Å². The van der Waals surface area contributed by atoms with Gasteiger partial charge in [-0.1, -0.05) is 0 Å². The van der Waals surface area contributed by atoms with Gasteiger partial charge in [-0.15, -0.1) is 0 Å².